The first-order valence-electron chi connectivity index (χ1n) is 10.6. The third kappa shape index (κ3) is 4.61. The van der Waals surface area contributed by atoms with Crippen LogP contribution in [0.1, 0.15) is 67.5 Å². The minimum atomic E-state index is -0.0435. The Bertz CT molecular complexity index is 770. The Morgan fingerprint density at radius 1 is 1.25 bits per heavy atom. The van der Waals surface area contributed by atoms with E-state index in [-0.39, 0.29) is 24.1 Å². The maximum Gasteiger partial charge on any atom is 0.251 e. The molecule has 4 rings (SSSR count). The van der Waals surface area contributed by atoms with Crippen molar-refractivity contribution in [2.24, 2.45) is 5.92 Å². The Morgan fingerprint density at radius 2 is 2.04 bits per heavy atom. The summed E-state index contributed by atoms with van der Waals surface area (Å²) in [7, 11) is 0. The van der Waals surface area contributed by atoms with Crippen molar-refractivity contribution in [3.63, 3.8) is 0 Å². The van der Waals surface area contributed by atoms with Gasteiger partial charge in [-0.25, -0.2) is 4.68 Å². The Labute approximate surface area is 166 Å². The quantitative estimate of drug-likeness (QED) is 0.829. The zero-order valence-corrected chi connectivity index (χ0v) is 16.6. The summed E-state index contributed by atoms with van der Waals surface area (Å²) in [5.41, 5.74) is 1.77. The van der Waals surface area contributed by atoms with Gasteiger partial charge in [0.1, 0.15) is 0 Å². The van der Waals surface area contributed by atoms with E-state index in [1.54, 1.807) is 0 Å². The Morgan fingerprint density at radius 3 is 2.82 bits per heavy atom. The molecule has 3 unspecified atom stereocenters. The smallest absolute Gasteiger partial charge is 0.251 e. The molecule has 6 nitrogen and oxygen atoms in total. The number of benzene rings is 1. The molecular weight excluding hydrogens is 352 g/mol. The van der Waals surface area contributed by atoms with Crippen LogP contribution in [0.15, 0.2) is 36.5 Å². The van der Waals surface area contributed by atoms with Crippen LogP contribution in [0, 0.1) is 5.92 Å². The zero-order valence-electron chi connectivity index (χ0n) is 16.6. The number of aromatic nitrogens is 3. The van der Waals surface area contributed by atoms with Gasteiger partial charge >= 0.3 is 0 Å². The van der Waals surface area contributed by atoms with Gasteiger partial charge in [0, 0.05) is 11.8 Å². The molecule has 28 heavy (non-hydrogen) atoms. The second kappa shape index (κ2) is 8.86. The third-order valence-electron chi connectivity index (χ3n) is 6.14. The first kappa shape index (κ1) is 19.1. The van der Waals surface area contributed by atoms with E-state index >= 15 is 0 Å². The number of hydrogen-bond acceptors (Lipinski definition) is 4. The number of carbonyl (C=O) groups is 1. The lowest BCUT2D eigenvalue weighted by molar-refractivity contribution is 0.0664. The molecule has 0 bridgehead atoms. The van der Waals surface area contributed by atoms with Crippen LogP contribution in [0.25, 0.3) is 0 Å². The van der Waals surface area contributed by atoms with Crippen LogP contribution in [0.5, 0.6) is 0 Å². The summed E-state index contributed by atoms with van der Waals surface area (Å²) in [6.45, 7) is 2.66. The highest BCUT2D eigenvalue weighted by Crippen LogP contribution is 2.27. The van der Waals surface area contributed by atoms with Gasteiger partial charge in [0.05, 0.1) is 30.5 Å². The molecule has 0 radical (unpaired) electrons. The van der Waals surface area contributed by atoms with Crippen molar-refractivity contribution in [3.8, 4) is 0 Å². The predicted molar refractivity (Wildman–Crippen MR) is 107 cm³/mol. The summed E-state index contributed by atoms with van der Waals surface area (Å²) in [6.07, 6.45) is 10.6. The van der Waals surface area contributed by atoms with Crippen molar-refractivity contribution < 1.29 is 9.53 Å². The highest BCUT2D eigenvalue weighted by molar-refractivity contribution is 5.94. The van der Waals surface area contributed by atoms with Crippen molar-refractivity contribution >= 4 is 5.91 Å². The van der Waals surface area contributed by atoms with Crippen LogP contribution < -0.4 is 5.32 Å². The first-order valence-corrected chi connectivity index (χ1v) is 10.6. The largest absolute Gasteiger partial charge is 0.374 e. The summed E-state index contributed by atoms with van der Waals surface area (Å²) in [5.74, 6) is 0.715. The monoisotopic (exact) mass is 382 g/mol. The topological polar surface area (TPSA) is 69.0 Å². The lowest BCUT2D eigenvalue weighted by Crippen LogP contribution is -2.35. The van der Waals surface area contributed by atoms with E-state index < -0.39 is 0 Å². The number of nitrogens with zero attached hydrogens (tertiary/aromatic N) is 3. The summed E-state index contributed by atoms with van der Waals surface area (Å²) in [4.78, 5) is 12.3. The summed E-state index contributed by atoms with van der Waals surface area (Å²) in [5, 5.41) is 11.8. The van der Waals surface area contributed by atoms with E-state index in [1.165, 1.54) is 32.1 Å². The van der Waals surface area contributed by atoms with Gasteiger partial charge in [-0.2, -0.15) is 0 Å². The van der Waals surface area contributed by atoms with Crippen LogP contribution in [-0.2, 0) is 11.2 Å². The fourth-order valence-corrected chi connectivity index (χ4v) is 4.41. The molecule has 1 aliphatic heterocycles. The molecule has 1 amide bonds. The molecule has 6 heteroatoms. The summed E-state index contributed by atoms with van der Waals surface area (Å²) in [6, 6.07) is 9.45. The van der Waals surface area contributed by atoms with Gasteiger partial charge in [-0.1, -0.05) is 55.5 Å². The molecular formula is C22H30N4O2. The molecule has 1 aromatic heterocycles. The minimum Gasteiger partial charge on any atom is -0.374 e. The van der Waals surface area contributed by atoms with Crippen LogP contribution in [-0.4, -0.2) is 39.7 Å². The minimum absolute atomic E-state index is 0.0327. The fourth-order valence-electron chi connectivity index (χ4n) is 4.41. The molecule has 1 N–H and O–H groups in total. The Hall–Kier alpha value is -2.21. The average Bonchev–Trinajstić information content (AvgIpc) is 3.39. The molecule has 2 heterocycles. The number of amides is 1. The molecule has 1 saturated carbocycles. The zero-order chi connectivity index (χ0) is 19.3. The average molecular weight is 383 g/mol. The van der Waals surface area contributed by atoms with Crippen molar-refractivity contribution in [2.75, 3.05) is 6.61 Å². The molecule has 150 valence electrons. The van der Waals surface area contributed by atoms with E-state index in [0.717, 1.165) is 24.5 Å². The van der Waals surface area contributed by atoms with Gasteiger partial charge in [0.2, 0.25) is 0 Å². The highest BCUT2D eigenvalue weighted by atomic mass is 16.5. The number of rotatable bonds is 6. The van der Waals surface area contributed by atoms with Gasteiger partial charge < -0.3 is 10.1 Å². The predicted octanol–water partition coefficient (Wildman–Crippen LogP) is 3.55. The van der Waals surface area contributed by atoms with E-state index in [9.17, 15) is 4.79 Å². The fraction of sp³-hybridized carbons (Fsp3) is 0.591. The normalized spacial score (nSPS) is 24.2. The van der Waals surface area contributed by atoms with Gasteiger partial charge in [-0.15, -0.1) is 5.10 Å². The van der Waals surface area contributed by atoms with Crippen LogP contribution in [0.4, 0.5) is 0 Å². The van der Waals surface area contributed by atoms with Crippen LogP contribution >= 0.6 is 0 Å². The second-order valence-electron chi connectivity index (χ2n) is 8.28. The maximum absolute atomic E-state index is 12.3. The van der Waals surface area contributed by atoms with Gasteiger partial charge in [-0.3, -0.25) is 4.79 Å². The number of ether oxygens (including phenoxy) is 1. The Balaban J connectivity index is 1.29. The number of hydrogen-bond donors (Lipinski definition) is 1. The third-order valence-corrected chi connectivity index (χ3v) is 6.14. The summed E-state index contributed by atoms with van der Waals surface area (Å²) >= 11 is 0. The van der Waals surface area contributed by atoms with E-state index in [2.05, 4.69) is 28.7 Å². The molecule has 1 saturated heterocycles. The van der Waals surface area contributed by atoms with Crippen molar-refractivity contribution in [2.45, 2.75) is 70.1 Å². The molecule has 0 spiro atoms. The van der Waals surface area contributed by atoms with Gasteiger partial charge in [0.15, 0.2) is 0 Å². The molecule has 2 fully saturated rings. The first-order chi connectivity index (χ1) is 13.7. The van der Waals surface area contributed by atoms with Gasteiger partial charge in [-0.05, 0) is 37.8 Å². The molecule has 2 aromatic rings. The van der Waals surface area contributed by atoms with Crippen molar-refractivity contribution in [1.29, 1.82) is 0 Å². The SMILES string of the molecule is CC(C1CC(NC(=O)c2ccccc2)CO1)n1cc(CC2CCCCC2)nn1. The van der Waals surface area contributed by atoms with E-state index in [0.29, 0.717) is 12.2 Å². The molecule has 3 atom stereocenters. The van der Waals surface area contributed by atoms with Crippen LogP contribution in [0.2, 0.25) is 0 Å². The standard InChI is InChI=1S/C22H30N4O2/c1-16(26-14-19(24-25-26)12-17-8-4-2-5-9-17)21-13-20(15-28-21)23-22(27)18-10-6-3-7-11-18/h3,6-7,10-11,14,16-17,20-21H,2,4-5,8-9,12-13,15H2,1H3,(H,23,27). The van der Waals surface area contributed by atoms with Crippen molar-refractivity contribution in [3.05, 3.63) is 47.8 Å². The lowest BCUT2D eigenvalue weighted by Gasteiger charge is -2.20. The molecule has 1 aliphatic carbocycles. The summed E-state index contributed by atoms with van der Waals surface area (Å²) < 4.78 is 7.91. The number of carbonyl (C=O) groups excluding carboxylic acids is 1. The van der Waals surface area contributed by atoms with Crippen LogP contribution in [0.3, 0.4) is 0 Å². The Kier molecular flexibility index (Phi) is 6.05. The molecule has 1 aromatic carbocycles. The van der Waals surface area contributed by atoms with Crippen molar-refractivity contribution in [1.82, 2.24) is 20.3 Å². The lowest BCUT2D eigenvalue weighted by atomic mass is 9.86. The van der Waals surface area contributed by atoms with E-state index in [1.807, 2.05) is 35.0 Å². The highest BCUT2D eigenvalue weighted by Gasteiger charge is 2.32. The maximum atomic E-state index is 12.3. The second-order valence-corrected chi connectivity index (χ2v) is 8.28. The number of nitrogens with one attached hydrogen (secondary N) is 1. The molecule has 2 aliphatic rings. The van der Waals surface area contributed by atoms with E-state index in [4.69, 9.17) is 4.74 Å². The van der Waals surface area contributed by atoms with Gasteiger partial charge in [0.25, 0.3) is 5.91 Å².